The zero-order chi connectivity index (χ0) is 21.0. The number of hydrogen-bond acceptors (Lipinski definition) is 4. The molecule has 0 fully saturated rings. The molecule has 150 valence electrons. The van der Waals surface area contributed by atoms with E-state index >= 15 is 0 Å². The number of rotatable bonds is 5. The fourth-order valence-electron chi connectivity index (χ4n) is 2.75. The van der Waals surface area contributed by atoms with Crippen LogP contribution in [0.15, 0.2) is 77.7 Å². The third-order valence-electron chi connectivity index (χ3n) is 4.40. The van der Waals surface area contributed by atoms with Crippen molar-refractivity contribution in [3.05, 3.63) is 78.4 Å². The number of hydrogen-bond donors (Lipinski definition) is 2. The second kappa shape index (κ2) is 8.46. The van der Waals surface area contributed by atoms with Crippen LogP contribution in [0.5, 0.6) is 5.75 Å². The lowest BCUT2D eigenvalue weighted by Crippen LogP contribution is -2.16. The third kappa shape index (κ3) is 5.43. The van der Waals surface area contributed by atoms with Crippen molar-refractivity contribution in [1.82, 2.24) is 0 Å². The summed E-state index contributed by atoms with van der Waals surface area (Å²) in [5.41, 5.74) is 3.52. The van der Waals surface area contributed by atoms with Crippen molar-refractivity contribution in [1.29, 1.82) is 0 Å². The number of primary sulfonamides is 1. The second-order valence-electron chi connectivity index (χ2n) is 6.88. The molecule has 6 nitrogen and oxygen atoms in total. The average molecular weight is 410 g/mol. The summed E-state index contributed by atoms with van der Waals surface area (Å²) in [7, 11) is -3.72. The van der Waals surface area contributed by atoms with Gasteiger partial charge in [-0.1, -0.05) is 50.2 Å². The lowest BCUT2D eigenvalue weighted by Gasteiger charge is -2.09. The molecule has 0 bridgehead atoms. The summed E-state index contributed by atoms with van der Waals surface area (Å²) < 4.78 is 28.0. The number of amides is 1. The first kappa shape index (κ1) is 20.6. The van der Waals surface area contributed by atoms with Crippen molar-refractivity contribution < 1.29 is 17.9 Å². The first-order valence-electron chi connectivity index (χ1n) is 9.04. The number of ether oxygens (including phenoxy) is 1. The molecular formula is C22H22N2O4S. The van der Waals surface area contributed by atoms with Gasteiger partial charge in [0.2, 0.25) is 10.0 Å². The van der Waals surface area contributed by atoms with Crippen molar-refractivity contribution in [3.8, 4) is 16.9 Å². The zero-order valence-electron chi connectivity index (χ0n) is 16.1. The number of anilines is 1. The normalized spacial score (nSPS) is 11.3. The second-order valence-corrected chi connectivity index (χ2v) is 8.45. The summed E-state index contributed by atoms with van der Waals surface area (Å²) in [6.07, 6.45) is -0.576. The van der Waals surface area contributed by atoms with Crippen LogP contribution in [0.3, 0.4) is 0 Å². The molecular weight excluding hydrogens is 388 g/mol. The van der Waals surface area contributed by atoms with Crippen LogP contribution in [0.4, 0.5) is 10.5 Å². The summed E-state index contributed by atoms with van der Waals surface area (Å²) in [5, 5.41) is 7.80. The van der Waals surface area contributed by atoms with E-state index in [0.717, 1.165) is 11.1 Å². The Balaban J connectivity index is 1.63. The van der Waals surface area contributed by atoms with Gasteiger partial charge in [-0.3, -0.25) is 5.32 Å². The highest BCUT2D eigenvalue weighted by molar-refractivity contribution is 7.89. The quantitative estimate of drug-likeness (QED) is 0.635. The average Bonchev–Trinajstić information content (AvgIpc) is 2.68. The molecule has 0 aliphatic heterocycles. The molecule has 0 aliphatic carbocycles. The minimum Gasteiger partial charge on any atom is -0.410 e. The topological polar surface area (TPSA) is 98.5 Å². The highest BCUT2D eigenvalue weighted by Gasteiger charge is 2.09. The molecule has 0 aromatic heterocycles. The Hall–Kier alpha value is -3.16. The van der Waals surface area contributed by atoms with E-state index in [-0.39, 0.29) is 4.90 Å². The van der Waals surface area contributed by atoms with E-state index in [1.807, 2.05) is 24.3 Å². The highest BCUT2D eigenvalue weighted by atomic mass is 32.2. The van der Waals surface area contributed by atoms with Crippen LogP contribution in [0.1, 0.15) is 25.3 Å². The van der Waals surface area contributed by atoms with Crippen molar-refractivity contribution in [2.75, 3.05) is 5.32 Å². The molecule has 0 saturated heterocycles. The van der Waals surface area contributed by atoms with E-state index in [9.17, 15) is 13.2 Å². The molecule has 0 radical (unpaired) electrons. The minimum atomic E-state index is -3.72. The van der Waals surface area contributed by atoms with Crippen molar-refractivity contribution in [2.45, 2.75) is 24.7 Å². The standard InChI is InChI=1S/C22H22N2O4S/c1-15(2)16-3-9-19(10-4-16)24-22(25)28-20-11-5-17(6-12-20)18-7-13-21(14-8-18)29(23,26)27/h3-15H,1-2H3,(H,24,25)(H2,23,26,27). The van der Waals surface area contributed by atoms with E-state index in [1.165, 1.54) is 17.7 Å². The van der Waals surface area contributed by atoms with Gasteiger partial charge in [-0.2, -0.15) is 0 Å². The van der Waals surface area contributed by atoms with Crippen LogP contribution in [0.25, 0.3) is 11.1 Å². The maximum absolute atomic E-state index is 12.1. The zero-order valence-corrected chi connectivity index (χ0v) is 16.9. The summed E-state index contributed by atoms with van der Waals surface area (Å²) in [6, 6.07) is 20.8. The van der Waals surface area contributed by atoms with Gasteiger partial charge in [0.25, 0.3) is 0 Å². The van der Waals surface area contributed by atoms with Gasteiger partial charge in [0, 0.05) is 5.69 Å². The van der Waals surface area contributed by atoms with Crippen LogP contribution in [0.2, 0.25) is 0 Å². The van der Waals surface area contributed by atoms with Crippen molar-refractivity contribution >= 4 is 21.8 Å². The van der Waals surface area contributed by atoms with Gasteiger partial charge in [-0.15, -0.1) is 0 Å². The fraction of sp³-hybridized carbons (Fsp3) is 0.136. The van der Waals surface area contributed by atoms with Gasteiger partial charge in [-0.05, 0) is 59.0 Å². The number of carbonyl (C=O) groups is 1. The predicted molar refractivity (Wildman–Crippen MR) is 113 cm³/mol. The molecule has 0 atom stereocenters. The highest BCUT2D eigenvalue weighted by Crippen LogP contribution is 2.24. The fourth-order valence-corrected chi connectivity index (χ4v) is 3.27. The molecule has 0 saturated carbocycles. The molecule has 7 heteroatoms. The van der Waals surface area contributed by atoms with E-state index in [1.54, 1.807) is 36.4 Å². The van der Waals surface area contributed by atoms with E-state index in [4.69, 9.17) is 9.88 Å². The van der Waals surface area contributed by atoms with Crippen molar-refractivity contribution in [2.24, 2.45) is 5.14 Å². The summed E-state index contributed by atoms with van der Waals surface area (Å²) >= 11 is 0. The SMILES string of the molecule is CC(C)c1ccc(NC(=O)Oc2ccc(-c3ccc(S(N)(=O)=O)cc3)cc2)cc1. The largest absolute Gasteiger partial charge is 0.417 e. The molecule has 3 aromatic rings. The maximum Gasteiger partial charge on any atom is 0.417 e. The molecule has 0 spiro atoms. The Labute approximate surface area is 170 Å². The monoisotopic (exact) mass is 410 g/mol. The number of carbonyl (C=O) groups excluding carboxylic acids is 1. The van der Waals surface area contributed by atoms with Crippen LogP contribution in [0, 0.1) is 0 Å². The molecule has 29 heavy (non-hydrogen) atoms. The number of nitrogens with two attached hydrogens (primary N) is 1. The Kier molecular flexibility index (Phi) is 6.00. The lowest BCUT2D eigenvalue weighted by molar-refractivity contribution is 0.215. The summed E-state index contributed by atoms with van der Waals surface area (Å²) in [4.78, 5) is 12.1. The van der Waals surface area contributed by atoms with Gasteiger partial charge < -0.3 is 4.74 Å². The van der Waals surface area contributed by atoms with Gasteiger partial charge >= 0.3 is 6.09 Å². The summed E-state index contributed by atoms with van der Waals surface area (Å²) in [6.45, 7) is 4.21. The lowest BCUT2D eigenvalue weighted by atomic mass is 10.0. The van der Waals surface area contributed by atoms with E-state index < -0.39 is 16.1 Å². The van der Waals surface area contributed by atoms with Crippen LogP contribution >= 0.6 is 0 Å². The number of nitrogens with one attached hydrogen (secondary N) is 1. The molecule has 3 rings (SSSR count). The Morgan fingerprint density at radius 3 is 1.86 bits per heavy atom. The number of benzene rings is 3. The first-order valence-corrected chi connectivity index (χ1v) is 10.6. The van der Waals surface area contributed by atoms with Crippen LogP contribution < -0.4 is 15.2 Å². The molecule has 3 aromatic carbocycles. The van der Waals surface area contributed by atoms with Gasteiger partial charge in [0.15, 0.2) is 0 Å². The Morgan fingerprint density at radius 1 is 0.862 bits per heavy atom. The molecule has 1 amide bonds. The molecule has 0 aliphatic rings. The Morgan fingerprint density at radius 2 is 1.38 bits per heavy atom. The first-order chi connectivity index (χ1) is 13.7. The van der Waals surface area contributed by atoms with Gasteiger partial charge in [-0.25, -0.2) is 18.4 Å². The van der Waals surface area contributed by atoms with Crippen LogP contribution in [-0.2, 0) is 10.0 Å². The van der Waals surface area contributed by atoms with E-state index in [0.29, 0.717) is 17.4 Å². The van der Waals surface area contributed by atoms with Crippen LogP contribution in [-0.4, -0.2) is 14.5 Å². The van der Waals surface area contributed by atoms with Crippen molar-refractivity contribution in [3.63, 3.8) is 0 Å². The number of sulfonamides is 1. The molecule has 0 heterocycles. The molecule has 0 unspecified atom stereocenters. The minimum absolute atomic E-state index is 0.0549. The van der Waals surface area contributed by atoms with E-state index in [2.05, 4.69) is 19.2 Å². The maximum atomic E-state index is 12.1. The summed E-state index contributed by atoms with van der Waals surface area (Å²) in [5.74, 6) is 0.816. The smallest absolute Gasteiger partial charge is 0.410 e. The van der Waals surface area contributed by atoms with Gasteiger partial charge in [0.1, 0.15) is 5.75 Å². The third-order valence-corrected chi connectivity index (χ3v) is 5.33. The van der Waals surface area contributed by atoms with Gasteiger partial charge in [0.05, 0.1) is 4.90 Å². The molecule has 3 N–H and O–H groups in total. The predicted octanol–water partition coefficient (Wildman–Crippen LogP) is 4.74. The Bertz CT molecular complexity index is 1090.